The molecular weight excluding hydrogens is 226 g/mol. The highest BCUT2D eigenvalue weighted by atomic mass is 35.5. The molecular formula is C11H10ClN3O. The maximum atomic E-state index is 11.7. The highest BCUT2D eigenvalue weighted by Gasteiger charge is 2.09. The molecule has 0 aliphatic rings. The Kier molecular flexibility index (Phi) is 2.92. The first-order valence-corrected chi connectivity index (χ1v) is 5.11. The summed E-state index contributed by atoms with van der Waals surface area (Å²) in [5, 5.41) is 3.40. The number of amides is 1. The van der Waals surface area contributed by atoms with Crippen molar-refractivity contribution in [3.8, 4) is 0 Å². The number of rotatable bonds is 2. The first-order valence-electron chi connectivity index (χ1n) is 4.73. The van der Waals surface area contributed by atoms with Gasteiger partial charge in [0.1, 0.15) is 0 Å². The van der Waals surface area contributed by atoms with Gasteiger partial charge < -0.3 is 10.3 Å². The molecule has 0 unspecified atom stereocenters. The summed E-state index contributed by atoms with van der Waals surface area (Å²) in [6.45, 7) is 1.88. The van der Waals surface area contributed by atoms with E-state index >= 15 is 0 Å². The molecule has 5 heteroatoms. The van der Waals surface area contributed by atoms with Gasteiger partial charge in [-0.15, -0.1) is 0 Å². The molecule has 1 amide bonds. The summed E-state index contributed by atoms with van der Waals surface area (Å²) in [5.74, 6) is 0.0183. The number of benzene rings is 1. The van der Waals surface area contributed by atoms with E-state index in [1.807, 2.05) is 6.92 Å². The van der Waals surface area contributed by atoms with Crippen LogP contribution < -0.4 is 5.32 Å². The van der Waals surface area contributed by atoms with E-state index in [-0.39, 0.29) is 11.7 Å². The van der Waals surface area contributed by atoms with Crippen LogP contribution in [0.2, 0.25) is 5.02 Å². The lowest BCUT2D eigenvalue weighted by atomic mass is 10.2. The van der Waals surface area contributed by atoms with Gasteiger partial charge in [-0.3, -0.25) is 4.79 Å². The molecule has 2 N–H and O–H groups in total. The molecule has 16 heavy (non-hydrogen) atoms. The van der Waals surface area contributed by atoms with Crippen LogP contribution in [0.1, 0.15) is 16.2 Å². The lowest BCUT2D eigenvalue weighted by Crippen LogP contribution is -2.14. The number of imidazole rings is 1. The van der Waals surface area contributed by atoms with E-state index in [2.05, 4.69) is 15.3 Å². The van der Waals surface area contributed by atoms with Crippen molar-refractivity contribution in [2.24, 2.45) is 0 Å². The van der Waals surface area contributed by atoms with Crippen LogP contribution in [-0.4, -0.2) is 15.9 Å². The van der Waals surface area contributed by atoms with Gasteiger partial charge in [-0.05, 0) is 30.7 Å². The fraction of sp³-hybridized carbons (Fsp3) is 0.0909. The number of nitrogens with zero attached hydrogens (tertiary/aromatic N) is 1. The molecule has 0 saturated heterocycles. The van der Waals surface area contributed by atoms with Gasteiger partial charge in [-0.2, -0.15) is 0 Å². The van der Waals surface area contributed by atoms with E-state index in [1.54, 1.807) is 24.4 Å². The Morgan fingerprint density at radius 1 is 1.50 bits per heavy atom. The second-order valence-corrected chi connectivity index (χ2v) is 3.79. The van der Waals surface area contributed by atoms with E-state index in [4.69, 9.17) is 11.6 Å². The predicted octanol–water partition coefficient (Wildman–Crippen LogP) is 2.62. The molecule has 0 saturated carbocycles. The summed E-state index contributed by atoms with van der Waals surface area (Å²) in [7, 11) is 0. The van der Waals surface area contributed by atoms with Crippen LogP contribution in [0.15, 0.2) is 30.6 Å². The van der Waals surface area contributed by atoms with Crippen LogP contribution in [0.3, 0.4) is 0 Å². The van der Waals surface area contributed by atoms with Crippen LogP contribution in [0, 0.1) is 6.92 Å². The number of aromatic amines is 1. The van der Waals surface area contributed by atoms with Crippen molar-refractivity contribution in [1.82, 2.24) is 9.97 Å². The predicted molar refractivity (Wildman–Crippen MR) is 62.7 cm³/mol. The Morgan fingerprint density at radius 3 is 2.94 bits per heavy atom. The highest BCUT2D eigenvalue weighted by Crippen LogP contribution is 2.19. The summed E-state index contributed by atoms with van der Waals surface area (Å²) in [4.78, 5) is 18.3. The summed E-state index contributed by atoms with van der Waals surface area (Å²) in [5.41, 5.74) is 1.64. The molecule has 0 atom stereocenters. The highest BCUT2D eigenvalue weighted by molar-refractivity contribution is 6.30. The largest absolute Gasteiger partial charge is 0.341 e. The normalized spacial score (nSPS) is 10.1. The Morgan fingerprint density at radius 2 is 2.31 bits per heavy atom. The first kappa shape index (κ1) is 10.7. The van der Waals surface area contributed by atoms with E-state index in [0.717, 1.165) is 11.3 Å². The van der Waals surface area contributed by atoms with Gasteiger partial charge >= 0.3 is 0 Å². The van der Waals surface area contributed by atoms with Gasteiger partial charge in [0, 0.05) is 23.1 Å². The molecule has 0 bridgehead atoms. The van der Waals surface area contributed by atoms with Crippen molar-refractivity contribution in [1.29, 1.82) is 0 Å². The van der Waals surface area contributed by atoms with Crippen molar-refractivity contribution in [3.05, 3.63) is 47.0 Å². The van der Waals surface area contributed by atoms with Crippen molar-refractivity contribution in [3.63, 3.8) is 0 Å². The molecule has 4 nitrogen and oxygen atoms in total. The van der Waals surface area contributed by atoms with Crippen LogP contribution >= 0.6 is 11.6 Å². The second kappa shape index (κ2) is 4.37. The van der Waals surface area contributed by atoms with Crippen LogP contribution in [0.4, 0.5) is 5.69 Å². The van der Waals surface area contributed by atoms with Gasteiger partial charge in [-0.25, -0.2) is 4.98 Å². The minimum atomic E-state index is -0.268. The maximum absolute atomic E-state index is 11.7. The molecule has 2 rings (SSSR count). The quantitative estimate of drug-likeness (QED) is 0.841. The Balaban J connectivity index is 2.18. The van der Waals surface area contributed by atoms with Crippen molar-refractivity contribution < 1.29 is 4.79 Å². The number of hydrogen-bond acceptors (Lipinski definition) is 2. The average Bonchev–Trinajstić information content (AvgIpc) is 2.75. The Bertz CT molecular complexity index is 508. The average molecular weight is 236 g/mol. The molecule has 0 spiro atoms. The lowest BCUT2D eigenvalue weighted by molar-refractivity contribution is 0.101. The number of H-pyrrole nitrogens is 1. The first-order chi connectivity index (χ1) is 7.66. The second-order valence-electron chi connectivity index (χ2n) is 3.35. The summed E-state index contributed by atoms with van der Waals surface area (Å²) >= 11 is 5.82. The zero-order valence-corrected chi connectivity index (χ0v) is 9.38. The van der Waals surface area contributed by atoms with E-state index in [1.165, 1.54) is 6.20 Å². The van der Waals surface area contributed by atoms with E-state index < -0.39 is 0 Å². The topological polar surface area (TPSA) is 57.8 Å². The van der Waals surface area contributed by atoms with Crippen LogP contribution in [0.5, 0.6) is 0 Å². The molecule has 82 valence electrons. The summed E-state index contributed by atoms with van der Waals surface area (Å²) in [6, 6.07) is 5.28. The smallest absolute Gasteiger partial charge is 0.291 e. The minimum Gasteiger partial charge on any atom is -0.341 e. The van der Waals surface area contributed by atoms with Crippen LogP contribution in [0.25, 0.3) is 0 Å². The van der Waals surface area contributed by atoms with Gasteiger partial charge in [-0.1, -0.05) is 11.6 Å². The third-order valence-corrected chi connectivity index (χ3v) is 2.39. The third-order valence-electron chi connectivity index (χ3n) is 2.15. The number of aryl methyl sites for hydroxylation is 1. The number of carbonyl (C=O) groups excluding carboxylic acids is 1. The van der Waals surface area contributed by atoms with Crippen molar-refractivity contribution >= 4 is 23.2 Å². The molecule has 0 radical (unpaired) electrons. The van der Waals surface area contributed by atoms with E-state index in [9.17, 15) is 4.79 Å². The SMILES string of the molecule is Cc1cc(Cl)ccc1NC(=O)c1ncc[nH]1. The maximum Gasteiger partial charge on any atom is 0.291 e. The van der Waals surface area contributed by atoms with Gasteiger partial charge in [0.2, 0.25) is 0 Å². The van der Waals surface area contributed by atoms with Gasteiger partial charge in [0.25, 0.3) is 5.91 Å². The molecule has 2 aromatic rings. The molecule has 1 aromatic carbocycles. The number of anilines is 1. The molecule has 0 aliphatic carbocycles. The Hall–Kier alpha value is -1.81. The molecule has 1 aromatic heterocycles. The molecule has 0 fully saturated rings. The van der Waals surface area contributed by atoms with E-state index in [0.29, 0.717) is 5.02 Å². The Labute approximate surface area is 97.7 Å². The van der Waals surface area contributed by atoms with Crippen molar-refractivity contribution in [2.45, 2.75) is 6.92 Å². The standard InChI is InChI=1S/C11H10ClN3O/c1-7-6-8(12)2-3-9(7)15-11(16)10-13-4-5-14-10/h2-6H,1H3,(H,13,14)(H,15,16). The molecule has 0 aliphatic heterocycles. The number of carbonyl (C=O) groups is 1. The third kappa shape index (κ3) is 2.23. The summed E-state index contributed by atoms with van der Waals surface area (Å²) < 4.78 is 0. The van der Waals surface area contributed by atoms with Gasteiger partial charge in [0.05, 0.1) is 0 Å². The minimum absolute atomic E-state index is 0.268. The summed E-state index contributed by atoms with van der Waals surface area (Å²) in [6.07, 6.45) is 3.13. The zero-order chi connectivity index (χ0) is 11.5. The number of halogens is 1. The fourth-order valence-corrected chi connectivity index (χ4v) is 1.56. The molecule has 1 heterocycles. The number of aromatic nitrogens is 2. The lowest BCUT2D eigenvalue weighted by Gasteiger charge is -2.06. The van der Waals surface area contributed by atoms with Gasteiger partial charge in [0.15, 0.2) is 5.82 Å². The monoisotopic (exact) mass is 235 g/mol. The van der Waals surface area contributed by atoms with Crippen molar-refractivity contribution in [2.75, 3.05) is 5.32 Å². The van der Waals surface area contributed by atoms with Crippen LogP contribution in [-0.2, 0) is 0 Å². The zero-order valence-electron chi connectivity index (χ0n) is 8.62. The number of hydrogen-bond donors (Lipinski definition) is 2. The number of nitrogens with one attached hydrogen (secondary N) is 2. The fourth-order valence-electron chi connectivity index (χ4n) is 1.34.